The SMILES string of the molecule is CCc1nc2c(c(=O)[nH]1)CCS2. The molecule has 1 aromatic rings. The summed E-state index contributed by atoms with van der Waals surface area (Å²) in [6.07, 6.45) is 1.66. The normalized spacial score (nSPS) is 14.8. The Kier molecular flexibility index (Phi) is 1.92. The van der Waals surface area contributed by atoms with Crippen LogP contribution >= 0.6 is 11.8 Å². The molecule has 1 aliphatic heterocycles. The first kappa shape index (κ1) is 7.86. The lowest BCUT2D eigenvalue weighted by atomic mass is 10.2. The molecule has 0 fully saturated rings. The molecule has 2 rings (SSSR count). The minimum Gasteiger partial charge on any atom is -0.310 e. The Morgan fingerprint density at radius 2 is 2.50 bits per heavy atom. The maximum absolute atomic E-state index is 11.4. The first-order valence-corrected chi connectivity index (χ1v) is 5.04. The highest BCUT2D eigenvalue weighted by Crippen LogP contribution is 2.26. The standard InChI is InChI=1S/C8H10N2OS/c1-2-6-9-7(11)5-3-4-12-8(5)10-6/h2-4H2,1H3,(H,9,10,11). The van der Waals surface area contributed by atoms with Crippen molar-refractivity contribution in [1.29, 1.82) is 0 Å². The molecule has 0 radical (unpaired) electrons. The van der Waals surface area contributed by atoms with Crippen LogP contribution in [0, 0.1) is 0 Å². The number of aryl methyl sites for hydroxylation is 1. The highest BCUT2D eigenvalue weighted by Gasteiger charge is 2.16. The fourth-order valence-corrected chi connectivity index (χ4v) is 2.32. The van der Waals surface area contributed by atoms with Crippen LogP contribution in [-0.2, 0) is 12.8 Å². The van der Waals surface area contributed by atoms with E-state index >= 15 is 0 Å². The van der Waals surface area contributed by atoms with E-state index in [0.717, 1.165) is 35.0 Å². The number of rotatable bonds is 1. The van der Waals surface area contributed by atoms with Gasteiger partial charge in [-0.05, 0) is 6.42 Å². The molecule has 0 aromatic carbocycles. The van der Waals surface area contributed by atoms with Gasteiger partial charge in [0.25, 0.3) is 5.56 Å². The van der Waals surface area contributed by atoms with Crippen molar-refractivity contribution in [3.63, 3.8) is 0 Å². The number of hydrogen-bond donors (Lipinski definition) is 1. The van der Waals surface area contributed by atoms with Gasteiger partial charge in [-0.3, -0.25) is 4.79 Å². The maximum Gasteiger partial charge on any atom is 0.255 e. The van der Waals surface area contributed by atoms with Crippen LogP contribution in [0.3, 0.4) is 0 Å². The summed E-state index contributed by atoms with van der Waals surface area (Å²) in [4.78, 5) is 18.5. The fraction of sp³-hybridized carbons (Fsp3) is 0.500. The number of aromatic nitrogens is 2. The van der Waals surface area contributed by atoms with Crippen molar-refractivity contribution in [3.8, 4) is 0 Å². The topological polar surface area (TPSA) is 45.8 Å². The number of nitrogens with zero attached hydrogens (tertiary/aromatic N) is 1. The smallest absolute Gasteiger partial charge is 0.255 e. The van der Waals surface area contributed by atoms with Crippen molar-refractivity contribution in [2.75, 3.05) is 5.75 Å². The molecule has 0 saturated heterocycles. The second-order valence-corrected chi connectivity index (χ2v) is 3.83. The van der Waals surface area contributed by atoms with E-state index in [0.29, 0.717) is 0 Å². The Balaban J connectivity index is 2.59. The molecular formula is C8H10N2OS. The quantitative estimate of drug-likeness (QED) is 0.658. The number of hydrogen-bond acceptors (Lipinski definition) is 3. The molecule has 0 atom stereocenters. The van der Waals surface area contributed by atoms with Crippen molar-refractivity contribution in [2.24, 2.45) is 0 Å². The van der Waals surface area contributed by atoms with E-state index in [1.807, 2.05) is 6.92 Å². The molecule has 0 unspecified atom stereocenters. The lowest BCUT2D eigenvalue weighted by molar-refractivity contribution is 0.844. The summed E-state index contributed by atoms with van der Waals surface area (Å²) in [6, 6.07) is 0. The van der Waals surface area contributed by atoms with Gasteiger partial charge in [0.1, 0.15) is 10.9 Å². The number of nitrogens with one attached hydrogen (secondary N) is 1. The third-order valence-corrected chi connectivity index (χ3v) is 2.97. The molecule has 0 spiro atoms. The molecule has 3 nitrogen and oxygen atoms in total. The predicted octanol–water partition coefficient (Wildman–Crippen LogP) is 0.980. The molecule has 4 heteroatoms. The maximum atomic E-state index is 11.4. The Hall–Kier alpha value is -0.770. The van der Waals surface area contributed by atoms with E-state index in [1.54, 1.807) is 11.8 Å². The van der Waals surface area contributed by atoms with Crippen LogP contribution in [0.15, 0.2) is 9.82 Å². The Bertz CT molecular complexity index is 359. The summed E-state index contributed by atoms with van der Waals surface area (Å²) in [5.74, 6) is 1.80. The molecule has 1 aliphatic rings. The van der Waals surface area contributed by atoms with Gasteiger partial charge in [0.05, 0.1) is 5.56 Å². The first-order chi connectivity index (χ1) is 5.81. The summed E-state index contributed by atoms with van der Waals surface area (Å²) in [6.45, 7) is 1.99. The minimum absolute atomic E-state index is 0.0573. The molecule has 0 aliphatic carbocycles. The molecule has 1 aromatic heterocycles. The Morgan fingerprint density at radius 3 is 3.25 bits per heavy atom. The van der Waals surface area contributed by atoms with Crippen molar-refractivity contribution >= 4 is 11.8 Å². The minimum atomic E-state index is 0.0573. The molecule has 0 saturated carbocycles. The molecule has 12 heavy (non-hydrogen) atoms. The molecule has 64 valence electrons. The summed E-state index contributed by atoms with van der Waals surface area (Å²) >= 11 is 1.68. The van der Waals surface area contributed by atoms with E-state index in [2.05, 4.69) is 9.97 Å². The van der Waals surface area contributed by atoms with E-state index in [9.17, 15) is 4.79 Å². The van der Waals surface area contributed by atoms with E-state index in [4.69, 9.17) is 0 Å². The summed E-state index contributed by atoms with van der Waals surface area (Å²) in [7, 11) is 0. The summed E-state index contributed by atoms with van der Waals surface area (Å²) in [5, 5.41) is 0.940. The highest BCUT2D eigenvalue weighted by atomic mass is 32.2. The van der Waals surface area contributed by atoms with Crippen LogP contribution in [-0.4, -0.2) is 15.7 Å². The monoisotopic (exact) mass is 182 g/mol. The van der Waals surface area contributed by atoms with Gasteiger partial charge < -0.3 is 4.98 Å². The van der Waals surface area contributed by atoms with Crippen molar-refractivity contribution in [2.45, 2.75) is 24.8 Å². The van der Waals surface area contributed by atoms with E-state index in [1.165, 1.54) is 0 Å². The highest BCUT2D eigenvalue weighted by molar-refractivity contribution is 7.99. The summed E-state index contributed by atoms with van der Waals surface area (Å²) < 4.78 is 0. The van der Waals surface area contributed by atoms with Gasteiger partial charge in [-0.1, -0.05) is 6.92 Å². The van der Waals surface area contributed by atoms with Gasteiger partial charge in [-0.15, -0.1) is 11.8 Å². The second-order valence-electron chi connectivity index (χ2n) is 2.75. The average Bonchev–Trinajstić information content (AvgIpc) is 2.52. The molecule has 1 N–H and O–H groups in total. The molecular weight excluding hydrogens is 172 g/mol. The number of H-pyrrole nitrogens is 1. The van der Waals surface area contributed by atoms with Crippen LogP contribution < -0.4 is 5.56 Å². The van der Waals surface area contributed by atoms with Crippen LogP contribution in [0.25, 0.3) is 0 Å². The van der Waals surface area contributed by atoms with Crippen LogP contribution in [0.2, 0.25) is 0 Å². The summed E-state index contributed by atoms with van der Waals surface area (Å²) in [5.41, 5.74) is 0.930. The zero-order chi connectivity index (χ0) is 8.55. The Labute approximate surface area is 74.6 Å². The van der Waals surface area contributed by atoms with Crippen molar-refractivity contribution < 1.29 is 0 Å². The van der Waals surface area contributed by atoms with Gasteiger partial charge in [-0.2, -0.15) is 0 Å². The average molecular weight is 182 g/mol. The molecule has 0 amide bonds. The second kappa shape index (κ2) is 2.94. The van der Waals surface area contributed by atoms with Gasteiger partial charge >= 0.3 is 0 Å². The van der Waals surface area contributed by atoms with Crippen LogP contribution in [0.4, 0.5) is 0 Å². The van der Waals surface area contributed by atoms with E-state index in [-0.39, 0.29) is 5.56 Å². The zero-order valence-electron chi connectivity index (χ0n) is 6.89. The fourth-order valence-electron chi connectivity index (χ4n) is 1.28. The molecule has 0 bridgehead atoms. The number of aromatic amines is 1. The number of thioether (sulfide) groups is 1. The van der Waals surface area contributed by atoms with Gasteiger partial charge in [0.15, 0.2) is 0 Å². The van der Waals surface area contributed by atoms with Gasteiger partial charge in [0.2, 0.25) is 0 Å². The molecule has 2 heterocycles. The third kappa shape index (κ3) is 1.16. The first-order valence-electron chi connectivity index (χ1n) is 4.06. The third-order valence-electron chi connectivity index (χ3n) is 1.95. The van der Waals surface area contributed by atoms with Gasteiger partial charge in [0, 0.05) is 12.2 Å². The van der Waals surface area contributed by atoms with Crippen molar-refractivity contribution in [3.05, 3.63) is 21.7 Å². The lowest BCUT2D eigenvalue weighted by Crippen LogP contribution is -2.15. The van der Waals surface area contributed by atoms with Crippen molar-refractivity contribution in [1.82, 2.24) is 9.97 Å². The largest absolute Gasteiger partial charge is 0.310 e. The lowest BCUT2D eigenvalue weighted by Gasteiger charge is -1.99. The number of fused-ring (bicyclic) bond motifs is 1. The Morgan fingerprint density at radius 1 is 1.67 bits per heavy atom. The predicted molar refractivity (Wildman–Crippen MR) is 48.7 cm³/mol. The van der Waals surface area contributed by atoms with Crippen LogP contribution in [0.5, 0.6) is 0 Å². The van der Waals surface area contributed by atoms with Gasteiger partial charge in [-0.25, -0.2) is 4.98 Å². The van der Waals surface area contributed by atoms with Crippen LogP contribution in [0.1, 0.15) is 18.3 Å². The van der Waals surface area contributed by atoms with E-state index < -0.39 is 0 Å². The zero-order valence-corrected chi connectivity index (χ0v) is 7.70.